The lowest BCUT2D eigenvalue weighted by atomic mass is 10.1. The molecule has 42 heavy (non-hydrogen) atoms. The van der Waals surface area contributed by atoms with E-state index in [9.17, 15) is 19.7 Å². The number of aromatic nitrogens is 3. The van der Waals surface area contributed by atoms with Crippen molar-refractivity contribution in [2.24, 2.45) is 0 Å². The van der Waals surface area contributed by atoms with Crippen LogP contribution in [0.15, 0.2) is 84.0 Å². The van der Waals surface area contributed by atoms with E-state index in [0.29, 0.717) is 38.2 Å². The summed E-state index contributed by atoms with van der Waals surface area (Å²) in [5.41, 5.74) is 1.98. The van der Waals surface area contributed by atoms with Gasteiger partial charge in [0.15, 0.2) is 11.0 Å². The van der Waals surface area contributed by atoms with Crippen LogP contribution in [-0.4, -0.2) is 72.7 Å². The molecule has 10 nitrogen and oxygen atoms in total. The van der Waals surface area contributed by atoms with Gasteiger partial charge in [-0.15, -0.1) is 10.2 Å². The summed E-state index contributed by atoms with van der Waals surface area (Å²) in [7, 11) is 0. The van der Waals surface area contributed by atoms with Crippen LogP contribution >= 0.6 is 23.4 Å². The van der Waals surface area contributed by atoms with Crippen LogP contribution in [0.1, 0.15) is 30.1 Å². The molecule has 1 aliphatic rings. The first-order chi connectivity index (χ1) is 20.3. The normalized spacial score (nSPS) is 15.0. The van der Waals surface area contributed by atoms with Gasteiger partial charge in [-0.2, -0.15) is 0 Å². The quantitative estimate of drug-likeness (QED) is 0.104. The Bertz CT molecular complexity index is 1580. The van der Waals surface area contributed by atoms with Gasteiger partial charge in [0, 0.05) is 61.2 Å². The van der Waals surface area contributed by atoms with Crippen molar-refractivity contribution in [3.05, 3.63) is 99.6 Å². The molecule has 216 valence electrons. The Hall–Kier alpha value is -4.22. The van der Waals surface area contributed by atoms with Crippen LogP contribution in [0.5, 0.6) is 0 Å². The molecule has 12 heteroatoms. The molecular weight excluding hydrogens is 576 g/mol. The van der Waals surface area contributed by atoms with Gasteiger partial charge >= 0.3 is 0 Å². The van der Waals surface area contributed by atoms with Gasteiger partial charge in [0.25, 0.3) is 11.6 Å². The first-order valence-corrected chi connectivity index (χ1v) is 14.9. The van der Waals surface area contributed by atoms with Gasteiger partial charge in [0.2, 0.25) is 5.91 Å². The highest BCUT2D eigenvalue weighted by atomic mass is 35.5. The van der Waals surface area contributed by atoms with Crippen LogP contribution in [0.25, 0.3) is 17.1 Å². The summed E-state index contributed by atoms with van der Waals surface area (Å²) in [5, 5.41) is 20.7. The first-order valence-electron chi connectivity index (χ1n) is 13.5. The second kappa shape index (κ2) is 13.2. The van der Waals surface area contributed by atoms with Gasteiger partial charge in [-0.1, -0.05) is 71.9 Å². The molecule has 0 aliphatic carbocycles. The summed E-state index contributed by atoms with van der Waals surface area (Å²) in [6.07, 6.45) is 1.05. The fraction of sp³-hybridized carbons (Fsp3) is 0.267. The number of nitro benzene ring substituents is 1. The summed E-state index contributed by atoms with van der Waals surface area (Å²) in [6, 6.07) is 23.5. The van der Waals surface area contributed by atoms with Gasteiger partial charge in [0.05, 0.1) is 15.5 Å². The molecule has 5 rings (SSSR count). The van der Waals surface area contributed by atoms with Crippen molar-refractivity contribution in [2.75, 3.05) is 25.4 Å². The number of nitro groups is 1. The van der Waals surface area contributed by atoms with Crippen LogP contribution in [0.3, 0.4) is 0 Å². The first kappa shape index (κ1) is 29.3. The maximum Gasteiger partial charge on any atom is 0.270 e. The lowest BCUT2D eigenvalue weighted by Gasteiger charge is -2.40. The van der Waals surface area contributed by atoms with Crippen LogP contribution in [0, 0.1) is 10.1 Å². The zero-order valence-corrected chi connectivity index (χ0v) is 24.5. The van der Waals surface area contributed by atoms with E-state index in [4.69, 9.17) is 11.6 Å². The Labute approximate surface area is 252 Å². The number of nitrogens with zero attached hydrogens (tertiary/aromatic N) is 6. The van der Waals surface area contributed by atoms with Crippen molar-refractivity contribution in [1.29, 1.82) is 0 Å². The van der Waals surface area contributed by atoms with Gasteiger partial charge in [0.1, 0.15) is 0 Å². The number of amides is 2. The van der Waals surface area contributed by atoms with Crippen LogP contribution in [0.2, 0.25) is 5.02 Å². The highest BCUT2D eigenvalue weighted by Gasteiger charge is 2.31. The Morgan fingerprint density at radius 2 is 1.74 bits per heavy atom. The van der Waals surface area contributed by atoms with Crippen molar-refractivity contribution in [2.45, 2.75) is 31.0 Å². The van der Waals surface area contributed by atoms with Gasteiger partial charge in [-0.05, 0) is 31.5 Å². The molecular formula is C30H29ClN6O4S. The van der Waals surface area contributed by atoms with Crippen molar-refractivity contribution in [3.8, 4) is 17.1 Å². The van der Waals surface area contributed by atoms with Crippen LogP contribution < -0.4 is 0 Å². The standard InChI is InChI=1S/C30H29ClN6O4S/c1-21-20-34(16-17-35(21)29(39)25-15-14-24(37(40)41)19-26(25)31)27(38)13-8-18-42-30-33-32-28(22-9-4-2-5-10-22)36(30)23-11-6-3-7-12-23/h2-7,9-12,14-15,19,21H,8,13,16-18,20H2,1H3. The highest BCUT2D eigenvalue weighted by molar-refractivity contribution is 7.99. The third-order valence-electron chi connectivity index (χ3n) is 7.08. The molecule has 1 aromatic heterocycles. The number of hydrogen-bond acceptors (Lipinski definition) is 7. The number of benzene rings is 3. The minimum atomic E-state index is -0.554. The second-order valence-corrected chi connectivity index (χ2v) is 11.4. The SMILES string of the molecule is CC1CN(C(=O)CCCSc2nnc(-c3ccccc3)n2-c2ccccc2)CCN1C(=O)c1ccc([N+](=O)[O-])cc1Cl. The monoisotopic (exact) mass is 604 g/mol. The van der Waals surface area contributed by atoms with Gasteiger partial charge < -0.3 is 9.80 Å². The fourth-order valence-corrected chi connectivity index (χ4v) is 6.07. The maximum absolute atomic E-state index is 13.1. The Morgan fingerprint density at radius 1 is 1.02 bits per heavy atom. The zero-order chi connectivity index (χ0) is 29.6. The predicted octanol–water partition coefficient (Wildman–Crippen LogP) is 5.74. The van der Waals surface area contributed by atoms with E-state index in [1.54, 1.807) is 21.6 Å². The van der Waals surface area contributed by atoms with E-state index in [0.717, 1.165) is 22.2 Å². The molecule has 2 heterocycles. The van der Waals surface area contributed by atoms with Gasteiger partial charge in [-0.25, -0.2) is 0 Å². The summed E-state index contributed by atoms with van der Waals surface area (Å²) in [4.78, 5) is 40.0. The number of hydrogen-bond donors (Lipinski definition) is 0. The topological polar surface area (TPSA) is 114 Å². The summed E-state index contributed by atoms with van der Waals surface area (Å²) in [6.45, 7) is 3.06. The third kappa shape index (κ3) is 6.47. The number of carbonyl (C=O) groups is 2. The maximum atomic E-state index is 13.1. The minimum absolute atomic E-state index is 0.0383. The Kier molecular flexibility index (Phi) is 9.19. The number of rotatable bonds is 9. The number of non-ortho nitro benzene ring substituents is 1. The predicted molar refractivity (Wildman–Crippen MR) is 162 cm³/mol. The van der Waals surface area contributed by atoms with Crippen LogP contribution in [0.4, 0.5) is 5.69 Å². The molecule has 4 aromatic rings. The number of halogens is 1. The van der Waals surface area contributed by atoms with E-state index >= 15 is 0 Å². The van der Waals surface area contributed by atoms with E-state index in [2.05, 4.69) is 10.2 Å². The number of piperazine rings is 1. The lowest BCUT2D eigenvalue weighted by molar-refractivity contribution is -0.384. The van der Waals surface area contributed by atoms with E-state index < -0.39 is 4.92 Å². The molecule has 0 radical (unpaired) electrons. The summed E-state index contributed by atoms with van der Waals surface area (Å²) >= 11 is 7.74. The number of para-hydroxylation sites is 1. The molecule has 1 saturated heterocycles. The molecule has 1 atom stereocenters. The van der Waals surface area contributed by atoms with Crippen molar-refractivity contribution in [1.82, 2.24) is 24.6 Å². The highest BCUT2D eigenvalue weighted by Crippen LogP contribution is 2.29. The minimum Gasteiger partial charge on any atom is -0.339 e. The third-order valence-corrected chi connectivity index (χ3v) is 8.41. The second-order valence-electron chi connectivity index (χ2n) is 9.90. The van der Waals surface area contributed by atoms with Crippen molar-refractivity contribution in [3.63, 3.8) is 0 Å². The van der Waals surface area contributed by atoms with E-state index in [1.807, 2.05) is 72.2 Å². The van der Waals surface area contributed by atoms with Crippen molar-refractivity contribution < 1.29 is 14.5 Å². The molecule has 1 aliphatic heterocycles. The van der Waals surface area contributed by atoms with Crippen molar-refractivity contribution >= 4 is 40.9 Å². The van der Waals surface area contributed by atoms with E-state index in [-0.39, 0.29) is 34.1 Å². The van der Waals surface area contributed by atoms with Gasteiger partial charge in [-0.3, -0.25) is 24.3 Å². The molecule has 3 aromatic carbocycles. The Balaban J connectivity index is 1.16. The summed E-state index contributed by atoms with van der Waals surface area (Å²) in [5.74, 6) is 1.19. The van der Waals surface area contributed by atoms with E-state index in [1.165, 1.54) is 18.2 Å². The number of thioether (sulfide) groups is 1. The largest absolute Gasteiger partial charge is 0.339 e. The molecule has 0 N–H and O–H groups in total. The molecule has 0 bridgehead atoms. The average Bonchev–Trinajstić information content (AvgIpc) is 3.43. The fourth-order valence-electron chi connectivity index (χ4n) is 4.92. The summed E-state index contributed by atoms with van der Waals surface area (Å²) < 4.78 is 2.04. The lowest BCUT2D eigenvalue weighted by Crippen LogP contribution is -2.55. The van der Waals surface area contributed by atoms with Crippen LogP contribution in [-0.2, 0) is 4.79 Å². The molecule has 0 saturated carbocycles. The number of carbonyl (C=O) groups excluding carboxylic acids is 2. The molecule has 1 fully saturated rings. The Morgan fingerprint density at radius 3 is 2.40 bits per heavy atom. The molecule has 2 amide bonds. The average molecular weight is 605 g/mol. The molecule has 0 spiro atoms. The smallest absolute Gasteiger partial charge is 0.270 e. The molecule has 1 unspecified atom stereocenters. The zero-order valence-electron chi connectivity index (χ0n) is 22.9.